The number of hydrogen-bond acceptors (Lipinski definition) is 5. The number of hydrogen-bond donors (Lipinski definition) is 2. The van der Waals surface area contributed by atoms with Gasteiger partial charge in [0.2, 0.25) is 11.8 Å². The number of benzene rings is 2. The summed E-state index contributed by atoms with van der Waals surface area (Å²) >= 11 is 12.1. The van der Waals surface area contributed by atoms with E-state index in [2.05, 4.69) is 10.6 Å². The third kappa shape index (κ3) is 6.52. The number of nitrogens with zero attached hydrogens (tertiary/aromatic N) is 1. The van der Waals surface area contributed by atoms with E-state index in [1.807, 2.05) is 6.92 Å². The summed E-state index contributed by atoms with van der Waals surface area (Å²) in [7, 11) is 3.06. The second-order valence-electron chi connectivity index (χ2n) is 6.06. The van der Waals surface area contributed by atoms with E-state index in [9.17, 15) is 9.59 Å². The Morgan fingerprint density at radius 2 is 1.59 bits per heavy atom. The minimum Gasteiger partial charge on any atom is -0.497 e. The lowest BCUT2D eigenvalue weighted by Crippen LogP contribution is -2.38. The number of carbonyl (C=O) groups excluding carboxylic acids is 2. The Hall–Kier alpha value is -2.48. The van der Waals surface area contributed by atoms with Gasteiger partial charge < -0.3 is 20.1 Å². The highest BCUT2D eigenvalue weighted by Crippen LogP contribution is 2.30. The van der Waals surface area contributed by atoms with E-state index in [1.165, 1.54) is 7.11 Å². The first-order valence-corrected chi connectivity index (χ1v) is 9.61. The van der Waals surface area contributed by atoms with Crippen molar-refractivity contribution in [2.75, 3.05) is 44.5 Å². The van der Waals surface area contributed by atoms with Gasteiger partial charge in [-0.2, -0.15) is 0 Å². The van der Waals surface area contributed by atoms with E-state index in [4.69, 9.17) is 32.7 Å². The van der Waals surface area contributed by atoms with Crippen LogP contribution in [-0.4, -0.2) is 50.6 Å². The molecule has 0 saturated carbocycles. The lowest BCUT2D eigenvalue weighted by Gasteiger charge is -2.20. The largest absolute Gasteiger partial charge is 0.497 e. The van der Waals surface area contributed by atoms with Crippen molar-refractivity contribution in [2.45, 2.75) is 6.92 Å². The minimum atomic E-state index is -0.323. The van der Waals surface area contributed by atoms with Crippen molar-refractivity contribution in [3.63, 3.8) is 0 Å². The van der Waals surface area contributed by atoms with Crippen LogP contribution in [0.2, 0.25) is 10.0 Å². The molecule has 2 rings (SSSR count). The molecule has 7 nitrogen and oxygen atoms in total. The zero-order chi connectivity index (χ0) is 21.4. The third-order valence-electron chi connectivity index (χ3n) is 4.09. The Labute approximate surface area is 179 Å². The summed E-state index contributed by atoms with van der Waals surface area (Å²) in [5, 5.41) is 6.16. The first-order chi connectivity index (χ1) is 13.9. The summed E-state index contributed by atoms with van der Waals surface area (Å²) in [5.74, 6) is 0.493. The first kappa shape index (κ1) is 22.8. The molecule has 0 aliphatic carbocycles. The molecule has 2 aromatic carbocycles. The summed E-state index contributed by atoms with van der Waals surface area (Å²) in [5.41, 5.74) is 0.867. The van der Waals surface area contributed by atoms with Gasteiger partial charge in [-0.1, -0.05) is 36.2 Å². The number of nitrogens with one attached hydrogen (secondary N) is 2. The minimum absolute atomic E-state index is 0.00518. The van der Waals surface area contributed by atoms with Gasteiger partial charge in [0.05, 0.1) is 48.7 Å². The number of halogens is 2. The molecule has 0 bridgehead atoms. The quantitative estimate of drug-likeness (QED) is 0.618. The lowest BCUT2D eigenvalue weighted by molar-refractivity contribution is -0.119. The zero-order valence-corrected chi connectivity index (χ0v) is 17.9. The maximum atomic E-state index is 12.4. The molecule has 0 aliphatic rings. The highest BCUT2D eigenvalue weighted by molar-refractivity contribution is 6.39. The van der Waals surface area contributed by atoms with Crippen LogP contribution in [0.3, 0.4) is 0 Å². The van der Waals surface area contributed by atoms with Gasteiger partial charge in [-0.05, 0) is 30.8 Å². The fraction of sp³-hybridized carbons (Fsp3) is 0.300. The van der Waals surface area contributed by atoms with Crippen molar-refractivity contribution in [3.05, 3.63) is 46.4 Å². The predicted octanol–water partition coefficient (Wildman–Crippen LogP) is 3.91. The number of likely N-dealkylation sites (N-methyl/N-ethyl adjacent to an activating group) is 1. The molecule has 0 fully saturated rings. The van der Waals surface area contributed by atoms with Crippen LogP contribution in [-0.2, 0) is 9.59 Å². The smallest absolute Gasteiger partial charge is 0.238 e. The number of amides is 2. The Balaban J connectivity index is 1.97. The number of methoxy groups -OCH3 is 2. The van der Waals surface area contributed by atoms with Gasteiger partial charge in [-0.25, -0.2) is 0 Å². The monoisotopic (exact) mass is 439 g/mol. The molecule has 0 radical (unpaired) electrons. The third-order valence-corrected chi connectivity index (χ3v) is 4.72. The number of rotatable bonds is 9. The zero-order valence-electron chi connectivity index (χ0n) is 16.4. The van der Waals surface area contributed by atoms with E-state index in [0.29, 0.717) is 39.5 Å². The summed E-state index contributed by atoms with van der Waals surface area (Å²) in [6, 6.07) is 10.0. The van der Waals surface area contributed by atoms with Crippen LogP contribution in [0.25, 0.3) is 0 Å². The van der Waals surface area contributed by atoms with Gasteiger partial charge in [0, 0.05) is 6.07 Å². The molecule has 2 aromatic rings. The van der Waals surface area contributed by atoms with Gasteiger partial charge >= 0.3 is 0 Å². The molecule has 0 heterocycles. The summed E-state index contributed by atoms with van der Waals surface area (Å²) in [6.45, 7) is 2.38. The van der Waals surface area contributed by atoms with Crippen LogP contribution >= 0.6 is 23.2 Å². The van der Waals surface area contributed by atoms with Crippen LogP contribution in [0.5, 0.6) is 11.5 Å². The number of ether oxygens (including phenoxy) is 2. The molecule has 0 saturated heterocycles. The molecule has 29 heavy (non-hydrogen) atoms. The molecule has 2 N–H and O–H groups in total. The summed E-state index contributed by atoms with van der Waals surface area (Å²) in [6.07, 6.45) is 0. The Morgan fingerprint density at radius 3 is 2.14 bits per heavy atom. The van der Waals surface area contributed by atoms with Crippen molar-refractivity contribution in [3.8, 4) is 11.5 Å². The van der Waals surface area contributed by atoms with E-state index in [-0.39, 0.29) is 24.9 Å². The Bertz CT molecular complexity index is 857. The molecule has 156 valence electrons. The molecule has 0 spiro atoms. The van der Waals surface area contributed by atoms with E-state index in [1.54, 1.807) is 48.4 Å². The normalized spacial score (nSPS) is 10.6. The molecule has 0 aromatic heterocycles. The van der Waals surface area contributed by atoms with Crippen LogP contribution in [0.4, 0.5) is 11.4 Å². The number of anilines is 2. The standard InChI is InChI=1S/C20H23Cl2N3O4/c1-4-25(12-19(27)24-20-14(21)6-5-7-15(20)22)11-18(26)23-16-9-8-13(28-2)10-17(16)29-3/h5-10H,4,11-12H2,1-3H3,(H,23,26)(H,24,27). The SMILES string of the molecule is CCN(CC(=O)Nc1ccc(OC)cc1OC)CC(=O)Nc1c(Cl)cccc1Cl. The topological polar surface area (TPSA) is 79.9 Å². The molecule has 0 atom stereocenters. The van der Waals surface area contributed by atoms with Gasteiger partial charge in [-0.3, -0.25) is 14.5 Å². The van der Waals surface area contributed by atoms with Crippen LogP contribution in [0, 0.1) is 0 Å². The van der Waals surface area contributed by atoms with Gasteiger partial charge in [-0.15, -0.1) is 0 Å². The van der Waals surface area contributed by atoms with Gasteiger partial charge in [0.15, 0.2) is 0 Å². The second kappa shape index (κ2) is 10.9. The maximum Gasteiger partial charge on any atom is 0.238 e. The molecule has 2 amide bonds. The summed E-state index contributed by atoms with van der Waals surface area (Å²) in [4.78, 5) is 26.5. The van der Waals surface area contributed by atoms with E-state index < -0.39 is 0 Å². The Kier molecular flexibility index (Phi) is 8.57. The van der Waals surface area contributed by atoms with Crippen molar-refractivity contribution >= 4 is 46.4 Å². The predicted molar refractivity (Wildman–Crippen MR) is 115 cm³/mol. The average Bonchev–Trinajstić information content (AvgIpc) is 2.70. The summed E-state index contributed by atoms with van der Waals surface area (Å²) < 4.78 is 10.4. The first-order valence-electron chi connectivity index (χ1n) is 8.86. The van der Waals surface area contributed by atoms with Crippen LogP contribution in [0.1, 0.15) is 6.92 Å². The Morgan fingerprint density at radius 1 is 0.966 bits per heavy atom. The van der Waals surface area contributed by atoms with Crippen molar-refractivity contribution in [1.29, 1.82) is 0 Å². The maximum absolute atomic E-state index is 12.4. The van der Waals surface area contributed by atoms with Crippen molar-refractivity contribution < 1.29 is 19.1 Å². The fourth-order valence-corrected chi connectivity index (χ4v) is 3.07. The van der Waals surface area contributed by atoms with Crippen molar-refractivity contribution in [2.24, 2.45) is 0 Å². The molecule has 0 aliphatic heterocycles. The van der Waals surface area contributed by atoms with Crippen LogP contribution in [0.15, 0.2) is 36.4 Å². The highest BCUT2D eigenvalue weighted by atomic mass is 35.5. The van der Waals surface area contributed by atoms with Gasteiger partial charge in [0.25, 0.3) is 0 Å². The van der Waals surface area contributed by atoms with Gasteiger partial charge in [0.1, 0.15) is 11.5 Å². The lowest BCUT2D eigenvalue weighted by atomic mass is 10.2. The molecular weight excluding hydrogens is 417 g/mol. The molecular formula is C20H23Cl2N3O4. The second-order valence-corrected chi connectivity index (χ2v) is 6.88. The number of para-hydroxylation sites is 1. The number of carbonyl (C=O) groups is 2. The highest BCUT2D eigenvalue weighted by Gasteiger charge is 2.16. The molecule has 9 heteroatoms. The molecule has 0 unspecified atom stereocenters. The van der Waals surface area contributed by atoms with E-state index >= 15 is 0 Å². The van der Waals surface area contributed by atoms with E-state index in [0.717, 1.165) is 0 Å². The van der Waals surface area contributed by atoms with Crippen molar-refractivity contribution in [1.82, 2.24) is 4.90 Å². The van der Waals surface area contributed by atoms with Crippen LogP contribution < -0.4 is 20.1 Å². The fourth-order valence-electron chi connectivity index (χ4n) is 2.57. The average molecular weight is 440 g/mol.